The molecule has 0 aliphatic rings. The molecule has 134 valence electrons. The highest BCUT2D eigenvalue weighted by molar-refractivity contribution is 5.87. The molecule has 27 heavy (non-hydrogen) atoms. The molecule has 0 atom stereocenters. The van der Waals surface area contributed by atoms with Gasteiger partial charge in [-0.3, -0.25) is 0 Å². The van der Waals surface area contributed by atoms with Gasteiger partial charge in [0.2, 0.25) is 0 Å². The molecule has 4 heteroatoms. The molecule has 1 aromatic heterocycles. The first-order chi connectivity index (χ1) is 13.1. The van der Waals surface area contributed by atoms with Gasteiger partial charge in [0.25, 0.3) is 0 Å². The zero-order chi connectivity index (χ0) is 19.0. The molecule has 0 radical (unpaired) electrons. The Morgan fingerprint density at radius 1 is 0.778 bits per heavy atom. The number of nitrogens with zero attached hydrogens (tertiary/aromatic N) is 1. The van der Waals surface area contributed by atoms with Crippen LogP contribution in [0.4, 0.5) is 8.78 Å². The normalized spacial score (nSPS) is 11.1. The predicted octanol–water partition coefficient (Wildman–Crippen LogP) is 5.65. The number of hydrogen-bond acceptors (Lipinski definition) is 2. The Bertz CT molecular complexity index is 1120. The van der Waals surface area contributed by atoms with Crippen LogP contribution in [0.15, 0.2) is 66.7 Å². The minimum Gasteiger partial charge on any atom is -0.392 e. The van der Waals surface area contributed by atoms with Crippen LogP contribution < -0.4 is 0 Å². The number of rotatable bonds is 3. The molecule has 4 aromatic rings. The van der Waals surface area contributed by atoms with Gasteiger partial charge in [0, 0.05) is 10.9 Å². The first-order valence-corrected chi connectivity index (χ1v) is 8.63. The number of aliphatic hydroxyl groups is 1. The Labute approximate surface area is 155 Å². The van der Waals surface area contributed by atoms with E-state index in [1.807, 2.05) is 31.2 Å². The molecular weight excluding hydrogens is 344 g/mol. The monoisotopic (exact) mass is 361 g/mol. The maximum atomic E-state index is 13.6. The maximum absolute atomic E-state index is 13.6. The molecule has 0 saturated heterocycles. The molecule has 0 unspecified atom stereocenters. The molecule has 2 nitrogen and oxygen atoms in total. The summed E-state index contributed by atoms with van der Waals surface area (Å²) in [7, 11) is 0. The van der Waals surface area contributed by atoms with Gasteiger partial charge in [0.05, 0.1) is 17.8 Å². The first-order valence-electron chi connectivity index (χ1n) is 8.63. The van der Waals surface area contributed by atoms with Crippen LogP contribution in [0.2, 0.25) is 0 Å². The fourth-order valence-corrected chi connectivity index (χ4v) is 3.34. The summed E-state index contributed by atoms with van der Waals surface area (Å²) in [6.45, 7) is 1.70. The zero-order valence-corrected chi connectivity index (χ0v) is 14.7. The lowest BCUT2D eigenvalue weighted by Crippen LogP contribution is -1.99. The van der Waals surface area contributed by atoms with E-state index in [4.69, 9.17) is 0 Å². The van der Waals surface area contributed by atoms with Gasteiger partial charge in [0.15, 0.2) is 0 Å². The van der Waals surface area contributed by atoms with Gasteiger partial charge in [0.1, 0.15) is 11.6 Å². The van der Waals surface area contributed by atoms with Crippen molar-refractivity contribution in [3.63, 3.8) is 0 Å². The average Bonchev–Trinajstić information content (AvgIpc) is 2.68. The molecule has 0 spiro atoms. The van der Waals surface area contributed by atoms with Gasteiger partial charge >= 0.3 is 0 Å². The number of fused-ring (bicyclic) bond motifs is 1. The molecular formula is C23H17F2NO. The number of aliphatic hydroxyl groups excluding tert-OH is 1. The van der Waals surface area contributed by atoms with Crippen molar-refractivity contribution >= 4 is 10.9 Å². The Kier molecular flexibility index (Phi) is 4.42. The number of aromatic nitrogens is 1. The highest BCUT2D eigenvalue weighted by Crippen LogP contribution is 2.31. The van der Waals surface area contributed by atoms with E-state index in [0.717, 1.165) is 27.9 Å². The van der Waals surface area contributed by atoms with Crippen molar-refractivity contribution in [2.45, 2.75) is 13.5 Å². The van der Waals surface area contributed by atoms with Crippen LogP contribution in [0.1, 0.15) is 11.1 Å². The van der Waals surface area contributed by atoms with Gasteiger partial charge in [-0.05, 0) is 59.5 Å². The lowest BCUT2D eigenvalue weighted by Gasteiger charge is -2.14. The second-order valence-corrected chi connectivity index (χ2v) is 6.47. The van der Waals surface area contributed by atoms with Crippen LogP contribution in [0.5, 0.6) is 0 Å². The zero-order valence-electron chi connectivity index (χ0n) is 14.7. The van der Waals surface area contributed by atoms with Crippen LogP contribution in [-0.4, -0.2) is 10.1 Å². The molecule has 0 fully saturated rings. The Morgan fingerprint density at radius 3 is 1.96 bits per heavy atom. The molecule has 0 bridgehead atoms. The number of benzene rings is 3. The van der Waals surface area contributed by atoms with Gasteiger partial charge in [-0.2, -0.15) is 0 Å². The lowest BCUT2D eigenvalue weighted by atomic mass is 9.96. The standard InChI is InChI=1S/C23H17F2NO/c1-14-21(13-27)20-12-19(25)10-11-22(20)26-23(14)17-4-2-15(3-5-17)16-6-8-18(24)9-7-16/h2-12,27H,13H2,1H3. The largest absolute Gasteiger partial charge is 0.392 e. The van der Waals surface area contributed by atoms with Crippen molar-refractivity contribution in [3.05, 3.63) is 89.5 Å². The Hall–Kier alpha value is -3.11. The smallest absolute Gasteiger partial charge is 0.123 e. The summed E-state index contributed by atoms with van der Waals surface area (Å²) < 4.78 is 26.7. The predicted molar refractivity (Wildman–Crippen MR) is 103 cm³/mol. The summed E-state index contributed by atoms with van der Waals surface area (Å²) in [4.78, 5) is 4.68. The van der Waals surface area contributed by atoms with Gasteiger partial charge in [-0.15, -0.1) is 0 Å². The van der Waals surface area contributed by atoms with Gasteiger partial charge in [-0.25, -0.2) is 13.8 Å². The van der Waals surface area contributed by atoms with Crippen molar-refractivity contribution in [1.29, 1.82) is 0 Å². The molecule has 0 aliphatic heterocycles. The van der Waals surface area contributed by atoms with Crippen LogP contribution in [0, 0.1) is 18.6 Å². The second-order valence-electron chi connectivity index (χ2n) is 6.47. The van der Waals surface area contributed by atoms with Crippen LogP contribution in [0.25, 0.3) is 33.3 Å². The van der Waals surface area contributed by atoms with Crippen molar-refractivity contribution in [2.75, 3.05) is 0 Å². The highest BCUT2D eigenvalue weighted by Gasteiger charge is 2.13. The Balaban J connectivity index is 1.81. The molecule has 1 N–H and O–H groups in total. The fourth-order valence-electron chi connectivity index (χ4n) is 3.34. The number of hydrogen-bond donors (Lipinski definition) is 1. The Morgan fingerprint density at radius 2 is 1.33 bits per heavy atom. The van der Waals surface area contributed by atoms with E-state index in [0.29, 0.717) is 16.5 Å². The van der Waals surface area contributed by atoms with Crippen LogP contribution in [0.3, 0.4) is 0 Å². The lowest BCUT2D eigenvalue weighted by molar-refractivity contribution is 0.282. The molecule has 0 aliphatic carbocycles. The molecule has 4 rings (SSSR count). The highest BCUT2D eigenvalue weighted by atomic mass is 19.1. The van der Waals surface area contributed by atoms with Gasteiger partial charge in [-0.1, -0.05) is 36.4 Å². The quantitative estimate of drug-likeness (QED) is 0.512. The fraction of sp³-hybridized carbons (Fsp3) is 0.0870. The third kappa shape index (κ3) is 3.20. The van der Waals surface area contributed by atoms with Crippen molar-refractivity contribution in [2.24, 2.45) is 0 Å². The number of pyridine rings is 1. The summed E-state index contributed by atoms with van der Waals surface area (Å²) in [5.41, 5.74) is 5.70. The summed E-state index contributed by atoms with van der Waals surface area (Å²) in [5.74, 6) is -0.617. The molecule has 0 amide bonds. The van der Waals surface area contributed by atoms with Crippen LogP contribution >= 0.6 is 0 Å². The summed E-state index contributed by atoms with van der Waals surface area (Å²) in [6.07, 6.45) is 0. The van der Waals surface area contributed by atoms with E-state index in [1.54, 1.807) is 18.2 Å². The summed E-state index contributed by atoms with van der Waals surface area (Å²) in [6, 6.07) is 18.6. The third-order valence-corrected chi connectivity index (χ3v) is 4.82. The molecule has 1 heterocycles. The van der Waals surface area contributed by atoms with E-state index >= 15 is 0 Å². The number of halogens is 2. The summed E-state index contributed by atoms with van der Waals surface area (Å²) in [5, 5.41) is 10.4. The maximum Gasteiger partial charge on any atom is 0.123 e. The van der Waals surface area contributed by atoms with Gasteiger partial charge < -0.3 is 5.11 Å². The van der Waals surface area contributed by atoms with E-state index in [1.165, 1.54) is 24.3 Å². The third-order valence-electron chi connectivity index (χ3n) is 4.82. The van der Waals surface area contributed by atoms with Crippen molar-refractivity contribution in [1.82, 2.24) is 4.98 Å². The summed E-state index contributed by atoms with van der Waals surface area (Å²) >= 11 is 0. The molecule has 0 saturated carbocycles. The second kappa shape index (κ2) is 6.89. The van der Waals surface area contributed by atoms with E-state index in [-0.39, 0.29) is 18.2 Å². The van der Waals surface area contributed by atoms with E-state index in [9.17, 15) is 13.9 Å². The van der Waals surface area contributed by atoms with Crippen molar-refractivity contribution < 1.29 is 13.9 Å². The first kappa shape index (κ1) is 17.3. The molecule has 3 aromatic carbocycles. The minimum atomic E-state index is -0.352. The average molecular weight is 361 g/mol. The topological polar surface area (TPSA) is 33.1 Å². The minimum absolute atomic E-state index is 0.186. The van der Waals surface area contributed by atoms with Crippen molar-refractivity contribution in [3.8, 4) is 22.4 Å². The van der Waals surface area contributed by atoms with E-state index < -0.39 is 0 Å². The SMILES string of the molecule is Cc1c(-c2ccc(-c3ccc(F)cc3)cc2)nc2ccc(F)cc2c1CO. The van der Waals surface area contributed by atoms with Crippen LogP contribution in [-0.2, 0) is 6.61 Å². The van der Waals surface area contributed by atoms with E-state index in [2.05, 4.69) is 4.98 Å².